The number of aromatic nitrogens is 4. The van der Waals surface area contributed by atoms with Crippen LogP contribution in [0.3, 0.4) is 0 Å². The topological polar surface area (TPSA) is 60.0 Å². The van der Waals surface area contributed by atoms with E-state index in [1.165, 1.54) is 12.8 Å². The van der Waals surface area contributed by atoms with E-state index >= 15 is 0 Å². The molecule has 0 N–H and O–H groups in total. The molecular weight excluding hydrogens is 290 g/mol. The molecule has 0 spiro atoms. The third kappa shape index (κ3) is 2.86. The summed E-state index contributed by atoms with van der Waals surface area (Å²) in [5.74, 6) is 2.62. The lowest BCUT2D eigenvalue weighted by atomic mass is 10.2. The number of hydrogen-bond acceptors (Lipinski definition) is 5. The summed E-state index contributed by atoms with van der Waals surface area (Å²) in [6, 6.07) is 8.39. The van der Waals surface area contributed by atoms with Crippen LogP contribution in [0.2, 0.25) is 0 Å². The minimum atomic E-state index is 0.463. The van der Waals surface area contributed by atoms with Gasteiger partial charge in [0, 0.05) is 6.04 Å². The van der Waals surface area contributed by atoms with Gasteiger partial charge in [0.1, 0.15) is 17.2 Å². The Morgan fingerprint density at radius 1 is 1.22 bits per heavy atom. The predicted octanol–water partition coefficient (Wildman–Crippen LogP) is 2.70. The smallest absolute Gasteiger partial charge is 0.209 e. The maximum atomic E-state index is 5.87. The zero-order valence-electron chi connectivity index (χ0n) is 13.6. The second-order valence-corrected chi connectivity index (χ2v) is 6.23. The standard InChI is InChI=1S/C17H21N5O/c1-12-18-13(2)22(20-12)10-14-6-5-9-21(14)11-17-19-15-7-3-4-8-16(15)23-17/h3-4,7-8,14H,5-6,9-11H2,1-2H3/t14-/m0/s1. The molecule has 3 heterocycles. The third-order valence-corrected chi connectivity index (χ3v) is 4.52. The second kappa shape index (κ2) is 5.77. The number of hydrogen-bond donors (Lipinski definition) is 0. The van der Waals surface area contributed by atoms with Crippen LogP contribution in [0.25, 0.3) is 11.1 Å². The van der Waals surface area contributed by atoms with Crippen molar-refractivity contribution in [2.75, 3.05) is 6.54 Å². The van der Waals surface area contributed by atoms with Crippen molar-refractivity contribution in [3.05, 3.63) is 41.8 Å². The molecule has 6 heteroatoms. The summed E-state index contributed by atoms with van der Waals surface area (Å²) in [7, 11) is 0. The molecule has 1 aliphatic rings. The molecule has 0 amide bonds. The van der Waals surface area contributed by atoms with Gasteiger partial charge in [-0.05, 0) is 45.4 Å². The summed E-state index contributed by atoms with van der Waals surface area (Å²) >= 11 is 0. The van der Waals surface area contributed by atoms with Crippen LogP contribution in [-0.2, 0) is 13.1 Å². The van der Waals surface area contributed by atoms with Crippen LogP contribution in [0.5, 0.6) is 0 Å². The normalized spacial score (nSPS) is 19.0. The van der Waals surface area contributed by atoms with E-state index in [4.69, 9.17) is 4.42 Å². The maximum absolute atomic E-state index is 5.87. The van der Waals surface area contributed by atoms with Gasteiger partial charge in [-0.25, -0.2) is 14.6 Å². The number of benzene rings is 1. The molecule has 0 bridgehead atoms. The quantitative estimate of drug-likeness (QED) is 0.741. The Labute approximate surface area is 135 Å². The van der Waals surface area contributed by atoms with Crippen LogP contribution in [0.1, 0.15) is 30.4 Å². The van der Waals surface area contributed by atoms with Gasteiger partial charge in [-0.1, -0.05) is 12.1 Å². The summed E-state index contributed by atoms with van der Waals surface area (Å²) in [5, 5.41) is 4.49. The first kappa shape index (κ1) is 14.4. The first-order valence-electron chi connectivity index (χ1n) is 8.15. The van der Waals surface area contributed by atoms with E-state index < -0.39 is 0 Å². The first-order valence-corrected chi connectivity index (χ1v) is 8.15. The van der Waals surface area contributed by atoms with Crippen LogP contribution in [-0.4, -0.2) is 37.2 Å². The fourth-order valence-electron chi connectivity index (χ4n) is 3.41. The lowest BCUT2D eigenvalue weighted by Gasteiger charge is -2.23. The van der Waals surface area contributed by atoms with Crippen molar-refractivity contribution >= 4 is 11.1 Å². The lowest BCUT2D eigenvalue weighted by molar-refractivity contribution is 0.200. The van der Waals surface area contributed by atoms with E-state index in [0.29, 0.717) is 6.04 Å². The van der Waals surface area contributed by atoms with Gasteiger partial charge in [-0.2, -0.15) is 5.10 Å². The van der Waals surface area contributed by atoms with E-state index in [9.17, 15) is 0 Å². The molecule has 2 aromatic heterocycles. The van der Waals surface area contributed by atoms with Crippen molar-refractivity contribution in [2.45, 2.75) is 45.8 Å². The Bertz CT molecular complexity index is 788. The number of oxazole rings is 1. The lowest BCUT2D eigenvalue weighted by Crippen LogP contribution is -2.33. The number of nitrogens with zero attached hydrogens (tertiary/aromatic N) is 5. The van der Waals surface area contributed by atoms with Crippen LogP contribution < -0.4 is 0 Å². The number of likely N-dealkylation sites (tertiary alicyclic amines) is 1. The summed E-state index contributed by atoms with van der Waals surface area (Å²) in [6.45, 7) is 6.67. The Morgan fingerprint density at radius 2 is 2.09 bits per heavy atom. The van der Waals surface area contributed by atoms with E-state index in [0.717, 1.165) is 48.3 Å². The average Bonchev–Trinajstić information content (AvgIpc) is 3.20. The fraction of sp³-hybridized carbons (Fsp3) is 0.471. The van der Waals surface area contributed by atoms with Gasteiger partial charge in [0.2, 0.25) is 5.89 Å². The molecule has 0 unspecified atom stereocenters. The van der Waals surface area contributed by atoms with Crippen molar-refractivity contribution in [2.24, 2.45) is 0 Å². The van der Waals surface area contributed by atoms with Crippen LogP contribution in [0.4, 0.5) is 0 Å². The highest BCUT2D eigenvalue weighted by atomic mass is 16.3. The zero-order valence-corrected chi connectivity index (χ0v) is 13.6. The van der Waals surface area contributed by atoms with Gasteiger partial charge in [0.25, 0.3) is 0 Å². The Hall–Kier alpha value is -2.21. The minimum Gasteiger partial charge on any atom is -0.439 e. The van der Waals surface area contributed by atoms with E-state index in [2.05, 4.69) is 20.0 Å². The highest BCUT2D eigenvalue weighted by Gasteiger charge is 2.27. The summed E-state index contributed by atoms with van der Waals surface area (Å²) in [4.78, 5) is 11.4. The minimum absolute atomic E-state index is 0.463. The molecule has 1 aromatic carbocycles. The third-order valence-electron chi connectivity index (χ3n) is 4.52. The van der Waals surface area contributed by atoms with Crippen molar-refractivity contribution in [1.82, 2.24) is 24.6 Å². The van der Waals surface area contributed by atoms with Crippen LogP contribution in [0.15, 0.2) is 28.7 Å². The highest BCUT2D eigenvalue weighted by Crippen LogP contribution is 2.23. The summed E-state index contributed by atoms with van der Waals surface area (Å²) in [6.07, 6.45) is 2.39. The highest BCUT2D eigenvalue weighted by molar-refractivity contribution is 5.72. The second-order valence-electron chi connectivity index (χ2n) is 6.23. The molecule has 1 aliphatic heterocycles. The van der Waals surface area contributed by atoms with E-state index in [-0.39, 0.29) is 0 Å². The molecule has 0 aliphatic carbocycles. The largest absolute Gasteiger partial charge is 0.439 e. The van der Waals surface area contributed by atoms with Gasteiger partial charge in [0.15, 0.2) is 5.58 Å². The van der Waals surface area contributed by atoms with Crippen LogP contribution in [0, 0.1) is 13.8 Å². The Balaban J connectivity index is 1.50. The molecule has 6 nitrogen and oxygen atoms in total. The van der Waals surface area contributed by atoms with Crippen molar-refractivity contribution < 1.29 is 4.42 Å². The first-order chi connectivity index (χ1) is 11.2. The molecule has 0 saturated carbocycles. The average molecular weight is 311 g/mol. The number of aryl methyl sites for hydroxylation is 2. The Morgan fingerprint density at radius 3 is 2.87 bits per heavy atom. The molecule has 1 fully saturated rings. The van der Waals surface area contributed by atoms with E-state index in [1.807, 2.05) is 42.8 Å². The summed E-state index contributed by atoms with van der Waals surface area (Å²) < 4.78 is 7.89. The van der Waals surface area contributed by atoms with Gasteiger partial charge >= 0.3 is 0 Å². The predicted molar refractivity (Wildman–Crippen MR) is 86.9 cm³/mol. The molecule has 1 atom stereocenters. The Kier molecular flexibility index (Phi) is 3.61. The van der Waals surface area contributed by atoms with Gasteiger partial charge in [0.05, 0.1) is 13.1 Å². The SMILES string of the molecule is Cc1nc(C)n(C[C@@H]2CCCN2Cc2nc3ccccc3o2)n1. The molecular formula is C17H21N5O. The van der Waals surface area contributed by atoms with Gasteiger partial charge in [-0.3, -0.25) is 4.90 Å². The molecule has 23 heavy (non-hydrogen) atoms. The zero-order chi connectivity index (χ0) is 15.8. The van der Waals surface area contributed by atoms with Crippen molar-refractivity contribution in [3.63, 3.8) is 0 Å². The van der Waals surface area contributed by atoms with Crippen LogP contribution >= 0.6 is 0 Å². The van der Waals surface area contributed by atoms with Gasteiger partial charge < -0.3 is 4.42 Å². The maximum Gasteiger partial charge on any atom is 0.209 e. The molecule has 1 saturated heterocycles. The fourth-order valence-corrected chi connectivity index (χ4v) is 3.41. The molecule has 120 valence electrons. The van der Waals surface area contributed by atoms with Crippen molar-refractivity contribution in [3.8, 4) is 0 Å². The van der Waals surface area contributed by atoms with Crippen molar-refractivity contribution in [1.29, 1.82) is 0 Å². The molecule has 4 rings (SSSR count). The summed E-state index contributed by atoms with van der Waals surface area (Å²) in [5.41, 5.74) is 1.79. The molecule has 3 aromatic rings. The number of rotatable bonds is 4. The van der Waals surface area contributed by atoms with Gasteiger partial charge in [-0.15, -0.1) is 0 Å². The monoisotopic (exact) mass is 311 g/mol. The molecule has 0 radical (unpaired) electrons. The number of para-hydroxylation sites is 2. The van der Waals surface area contributed by atoms with E-state index in [1.54, 1.807) is 0 Å². The number of fused-ring (bicyclic) bond motifs is 1.